The lowest BCUT2D eigenvalue weighted by atomic mass is 9.90. The Bertz CT molecular complexity index is 128. The van der Waals surface area contributed by atoms with E-state index in [4.69, 9.17) is 5.11 Å². The molecule has 0 amide bonds. The van der Waals surface area contributed by atoms with E-state index in [0.29, 0.717) is 5.41 Å². The van der Waals surface area contributed by atoms with Crippen molar-refractivity contribution >= 4 is 0 Å². The van der Waals surface area contributed by atoms with E-state index < -0.39 is 0 Å². The Morgan fingerprint density at radius 2 is 1.91 bits per heavy atom. The van der Waals surface area contributed by atoms with Gasteiger partial charge < -0.3 is 5.11 Å². The van der Waals surface area contributed by atoms with Crippen molar-refractivity contribution in [2.45, 2.75) is 40.5 Å². The highest BCUT2D eigenvalue weighted by atomic mass is 16.3. The Labute approximate surface area is 70.1 Å². The minimum Gasteiger partial charge on any atom is -0.392 e. The fourth-order valence-corrected chi connectivity index (χ4v) is 0.816. The van der Waals surface area contributed by atoms with E-state index in [1.54, 1.807) is 0 Å². The molecule has 0 bridgehead atoms. The van der Waals surface area contributed by atoms with Gasteiger partial charge in [0.05, 0.1) is 6.61 Å². The van der Waals surface area contributed by atoms with Crippen LogP contribution in [0, 0.1) is 5.41 Å². The fourth-order valence-electron chi connectivity index (χ4n) is 0.816. The Morgan fingerprint density at radius 3 is 2.27 bits per heavy atom. The second-order valence-corrected chi connectivity index (χ2v) is 4.31. The Hall–Kier alpha value is -0.300. The van der Waals surface area contributed by atoms with Crippen LogP contribution in [0.2, 0.25) is 0 Å². The molecule has 0 fully saturated rings. The van der Waals surface area contributed by atoms with E-state index in [1.165, 1.54) is 6.42 Å². The molecule has 66 valence electrons. The Morgan fingerprint density at radius 1 is 1.36 bits per heavy atom. The van der Waals surface area contributed by atoms with Crippen molar-refractivity contribution in [3.8, 4) is 0 Å². The average Bonchev–Trinajstić information content (AvgIpc) is 1.85. The van der Waals surface area contributed by atoms with Gasteiger partial charge in [-0.2, -0.15) is 0 Å². The number of allylic oxidation sites excluding steroid dienone is 1. The van der Waals surface area contributed by atoms with Crippen molar-refractivity contribution in [2.24, 2.45) is 5.41 Å². The van der Waals surface area contributed by atoms with Crippen LogP contribution >= 0.6 is 0 Å². The van der Waals surface area contributed by atoms with Crippen molar-refractivity contribution in [1.29, 1.82) is 0 Å². The van der Waals surface area contributed by atoms with Gasteiger partial charge in [0.15, 0.2) is 0 Å². The van der Waals surface area contributed by atoms with E-state index in [1.807, 2.05) is 6.92 Å². The van der Waals surface area contributed by atoms with Gasteiger partial charge in [-0.1, -0.05) is 32.4 Å². The summed E-state index contributed by atoms with van der Waals surface area (Å²) < 4.78 is 0. The predicted octanol–water partition coefficient (Wildman–Crippen LogP) is 2.75. The minimum atomic E-state index is 0.199. The summed E-state index contributed by atoms with van der Waals surface area (Å²) in [4.78, 5) is 0. The zero-order valence-electron chi connectivity index (χ0n) is 8.15. The largest absolute Gasteiger partial charge is 0.392 e. The molecule has 0 unspecified atom stereocenters. The zero-order valence-corrected chi connectivity index (χ0v) is 8.15. The van der Waals surface area contributed by atoms with Crippen molar-refractivity contribution in [2.75, 3.05) is 6.61 Å². The van der Waals surface area contributed by atoms with Crippen LogP contribution in [-0.2, 0) is 0 Å². The number of hydrogen-bond acceptors (Lipinski definition) is 1. The first kappa shape index (κ1) is 10.7. The summed E-state index contributed by atoms with van der Waals surface area (Å²) in [5, 5.41) is 8.70. The van der Waals surface area contributed by atoms with Crippen molar-refractivity contribution in [1.82, 2.24) is 0 Å². The molecule has 0 aromatic carbocycles. The third kappa shape index (κ3) is 7.60. The molecule has 0 atom stereocenters. The van der Waals surface area contributed by atoms with Gasteiger partial charge in [0.1, 0.15) is 0 Å². The summed E-state index contributed by atoms with van der Waals surface area (Å²) >= 11 is 0. The molecule has 0 aliphatic rings. The highest BCUT2D eigenvalue weighted by Gasteiger charge is 2.07. The predicted molar refractivity (Wildman–Crippen MR) is 49.5 cm³/mol. The molecule has 0 spiro atoms. The van der Waals surface area contributed by atoms with Crippen LogP contribution in [0.1, 0.15) is 40.5 Å². The Balaban J connectivity index is 3.57. The topological polar surface area (TPSA) is 20.2 Å². The number of aliphatic hydroxyl groups is 1. The first-order chi connectivity index (χ1) is 4.95. The molecule has 0 heterocycles. The summed E-state index contributed by atoms with van der Waals surface area (Å²) in [6, 6.07) is 0. The molecular formula is C10H20O. The molecule has 0 radical (unpaired) electrons. The molecule has 0 rings (SSSR count). The minimum absolute atomic E-state index is 0.199. The number of aliphatic hydroxyl groups excluding tert-OH is 1. The summed E-state index contributed by atoms with van der Waals surface area (Å²) in [5.41, 5.74) is 1.49. The molecule has 0 saturated heterocycles. The lowest BCUT2D eigenvalue weighted by molar-refractivity contribution is 0.329. The van der Waals surface area contributed by atoms with Gasteiger partial charge in [-0.25, -0.2) is 0 Å². The molecule has 0 saturated carbocycles. The fraction of sp³-hybridized carbons (Fsp3) is 0.800. The maximum absolute atomic E-state index is 8.70. The first-order valence-electron chi connectivity index (χ1n) is 4.22. The van der Waals surface area contributed by atoms with E-state index >= 15 is 0 Å². The molecule has 1 nitrogen and oxygen atoms in total. The second kappa shape index (κ2) is 4.55. The third-order valence-corrected chi connectivity index (χ3v) is 1.64. The van der Waals surface area contributed by atoms with Gasteiger partial charge in [-0.05, 0) is 25.2 Å². The van der Waals surface area contributed by atoms with Gasteiger partial charge in [0.25, 0.3) is 0 Å². The van der Waals surface area contributed by atoms with Crippen LogP contribution in [0.3, 0.4) is 0 Å². The monoisotopic (exact) mass is 156 g/mol. The van der Waals surface area contributed by atoms with Crippen LogP contribution in [0.25, 0.3) is 0 Å². The third-order valence-electron chi connectivity index (χ3n) is 1.64. The SMILES string of the molecule is CC(=CCCC(C)(C)C)CO. The summed E-state index contributed by atoms with van der Waals surface area (Å²) in [6.45, 7) is 8.85. The number of rotatable bonds is 3. The maximum Gasteiger partial charge on any atom is 0.0639 e. The summed E-state index contributed by atoms with van der Waals surface area (Å²) in [5.74, 6) is 0. The summed E-state index contributed by atoms with van der Waals surface area (Å²) in [6.07, 6.45) is 4.38. The molecule has 0 aliphatic carbocycles. The average molecular weight is 156 g/mol. The van der Waals surface area contributed by atoms with Crippen molar-refractivity contribution < 1.29 is 5.11 Å². The second-order valence-electron chi connectivity index (χ2n) is 4.31. The van der Waals surface area contributed by atoms with E-state index in [0.717, 1.165) is 12.0 Å². The summed E-state index contributed by atoms with van der Waals surface area (Å²) in [7, 11) is 0. The van der Waals surface area contributed by atoms with E-state index in [9.17, 15) is 0 Å². The van der Waals surface area contributed by atoms with Gasteiger partial charge in [0.2, 0.25) is 0 Å². The van der Waals surface area contributed by atoms with Crippen LogP contribution in [0.15, 0.2) is 11.6 Å². The lowest BCUT2D eigenvalue weighted by Crippen LogP contribution is -2.03. The first-order valence-corrected chi connectivity index (χ1v) is 4.22. The molecule has 0 aromatic rings. The van der Waals surface area contributed by atoms with Gasteiger partial charge in [-0.15, -0.1) is 0 Å². The van der Waals surface area contributed by atoms with Crippen molar-refractivity contribution in [3.63, 3.8) is 0 Å². The van der Waals surface area contributed by atoms with Gasteiger partial charge in [0, 0.05) is 0 Å². The van der Waals surface area contributed by atoms with Crippen LogP contribution in [0.5, 0.6) is 0 Å². The number of hydrogen-bond donors (Lipinski definition) is 1. The molecular weight excluding hydrogens is 136 g/mol. The zero-order chi connectivity index (χ0) is 8.91. The molecule has 11 heavy (non-hydrogen) atoms. The van der Waals surface area contributed by atoms with Gasteiger partial charge >= 0.3 is 0 Å². The van der Waals surface area contributed by atoms with Crippen LogP contribution in [0.4, 0.5) is 0 Å². The maximum atomic E-state index is 8.70. The smallest absolute Gasteiger partial charge is 0.0639 e. The van der Waals surface area contributed by atoms with Gasteiger partial charge in [-0.3, -0.25) is 0 Å². The van der Waals surface area contributed by atoms with Crippen molar-refractivity contribution in [3.05, 3.63) is 11.6 Å². The van der Waals surface area contributed by atoms with E-state index in [2.05, 4.69) is 26.8 Å². The normalized spacial score (nSPS) is 13.7. The standard InChI is InChI=1S/C10H20O/c1-9(8-11)6-5-7-10(2,3)4/h6,11H,5,7-8H2,1-4H3. The van der Waals surface area contributed by atoms with Crippen LogP contribution in [-0.4, -0.2) is 11.7 Å². The van der Waals surface area contributed by atoms with Crippen LogP contribution < -0.4 is 0 Å². The molecule has 1 heteroatoms. The molecule has 0 aromatic heterocycles. The Kier molecular flexibility index (Phi) is 4.43. The molecule has 1 N–H and O–H groups in total. The lowest BCUT2D eigenvalue weighted by Gasteiger charge is -2.16. The van der Waals surface area contributed by atoms with E-state index in [-0.39, 0.29) is 6.61 Å². The quantitative estimate of drug-likeness (QED) is 0.623. The molecule has 0 aliphatic heterocycles. The highest BCUT2D eigenvalue weighted by molar-refractivity contribution is 4.97. The highest BCUT2D eigenvalue weighted by Crippen LogP contribution is 2.20.